The number of aryl methyl sites for hydroxylation is 1. The van der Waals surface area contributed by atoms with Crippen LogP contribution in [0.1, 0.15) is 112 Å². The van der Waals surface area contributed by atoms with Crippen molar-refractivity contribution >= 4 is 34.4 Å². The van der Waals surface area contributed by atoms with Crippen LogP contribution in [0.4, 0.5) is 0 Å². The van der Waals surface area contributed by atoms with Crippen LogP contribution in [0.25, 0.3) is 0 Å². The van der Waals surface area contributed by atoms with Gasteiger partial charge < -0.3 is 0 Å². The summed E-state index contributed by atoms with van der Waals surface area (Å²) in [5.41, 5.74) is 2.05. The van der Waals surface area contributed by atoms with E-state index in [0.29, 0.717) is 24.5 Å². The summed E-state index contributed by atoms with van der Waals surface area (Å²) in [6.45, 7) is 18.6. The Bertz CT molecular complexity index is 1150. The molecule has 0 radical (unpaired) electrons. The molecule has 3 atom stereocenters. The van der Waals surface area contributed by atoms with Crippen LogP contribution in [0, 0.1) is 23.7 Å². The molecule has 0 N–H and O–H groups in total. The molecule has 3 rings (SSSR count). The number of nitrogens with zero attached hydrogens (tertiary/aromatic N) is 1. The third kappa shape index (κ3) is 7.67. The van der Waals surface area contributed by atoms with Gasteiger partial charge in [0.05, 0.1) is 0 Å². The van der Waals surface area contributed by atoms with Crippen LogP contribution in [0.2, 0.25) is 13.3 Å². The Hall–Kier alpha value is -0.861. The molecule has 1 aromatic carbocycles. The maximum absolute atomic E-state index is 14.4. The van der Waals surface area contributed by atoms with Crippen LogP contribution >= 0.6 is 0 Å². The Kier molecular flexibility index (Phi) is 12.7. The van der Waals surface area contributed by atoms with Gasteiger partial charge in [-0.1, -0.05) is 0 Å². The number of benzene rings is 1. The van der Waals surface area contributed by atoms with Crippen LogP contribution in [0.5, 0.6) is 0 Å². The number of carbonyl (C=O) groups is 1. The standard InChI is InChI=1S/C23H32NO4S.3C4H9.Sn/c1-7-28-21(25)13-12-19-22(4,5)14-20-23(19,6)17(3)15-24(20)29(26,27)18-10-8-16(2)9-11-18;3*1-3-4-2;/h3,8-11,19-20H,7,12-15H2,1-2,4-6H3;3*1,3-4H2,2H3;/t19-,20-,23+;;;;/m0..../s1. The summed E-state index contributed by atoms with van der Waals surface area (Å²) in [6.07, 6.45) is 9.38. The predicted molar refractivity (Wildman–Crippen MR) is 178 cm³/mol. The molecule has 0 aromatic heterocycles. The molecule has 0 bridgehead atoms. The third-order valence-electron chi connectivity index (χ3n) is 10.6. The fourth-order valence-electron chi connectivity index (χ4n) is 8.22. The van der Waals surface area contributed by atoms with Crippen LogP contribution in [-0.2, 0) is 19.6 Å². The van der Waals surface area contributed by atoms with Crippen LogP contribution in [0.15, 0.2) is 38.8 Å². The molecule has 238 valence electrons. The number of hydrogen-bond donors (Lipinski definition) is 0. The van der Waals surface area contributed by atoms with E-state index in [1.165, 1.54) is 57.4 Å². The van der Waals surface area contributed by atoms with E-state index in [-0.39, 0.29) is 28.8 Å². The first-order valence-electron chi connectivity index (χ1n) is 16.8. The molecule has 1 heterocycles. The number of rotatable bonds is 16. The minimum absolute atomic E-state index is 0.0963. The molecule has 42 heavy (non-hydrogen) atoms. The van der Waals surface area contributed by atoms with E-state index in [1.807, 2.05) is 30.3 Å². The van der Waals surface area contributed by atoms with Gasteiger partial charge in [-0.05, 0) is 0 Å². The molecule has 1 saturated heterocycles. The number of sulfonamides is 1. The molecular formula is C35H59NO4SSn. The number of hydrogen-bond acceptors (Lipinski definition) is 4. The molecule has 7 heteroatoms. The fourth-order valence-corrected chi connectivity index (χ4v) is 25.6. The number of esters is 1. The molecule has 1 saturated carbocycles. The van der Waals surface area contributed by atoms with Gasteiger partial charge in [-0.25, -0.2) is 0 Å². The van der Waals surface area contributed by atoms with E-state index in [2.05, 4.69) is 45.6 Å². The molecular weight excluding hydrogens is 649 g/mol. The van der Waals surface area contributed by atoms with Gasteiger partial charge in [-0.15, -0.1) is 0 Å². The zero-order valence-electron chi connectivity index (χ0n) is 27.9. The summed E-state index contributed by atoms with van der Waals surface area (Å²) < 4.78 is 42.8. The van der Waals surface area contributed by atoms with E-state index >= 15 is 0 Å². The van der Waals surface area contributed by atoms with Crippen molar-refractivity contribution in [3.05, 3.63) is 39.5 Å². The Labute approximate surface area is 262 Å². The average molecular weight is 709 g/mol. The molecule has 5 nitrogen and oxygen atoms in total. The van der Waals surface area contributed by atoms with E-state index in [4.69, 9.17) is 4.74 Å². The van der Waals surface area contributed by atoms with Gasteiger partial charge in [0.25, 0.3) is 0 Å². The normalized spacial score (nSPS) is 25.2. The van der Waals surface area contributed by atoms with Gasteiger partial charge in [0.15, 0.2) is 0 Å². The van der Waals surface area contributed by atoms with Crippen molar-refractivity contribution in [2.24, 2.45) is 16.7 Å². The fraction of sp³-hybridized carbons (Fsp3) is 0.743. The number of unbranched alkanes of at least 4 members (excludes halogenated alkanes) is 3. The van der Waals surface area contributed by atoms with Crippen LogP contribution in [-0.4, -0.2) is 56.3 Å². The van der Waals surface area contributed by atoms with Gasteiger partial charge >= 0.3 is 263 Å². The van der Waals surface area contributed by atoms with Crippen molar-refractivity contribution in [3.63, 3.8) is 0 Å². The zero-order valence-corrected chi connectivity index (χ0v) is 31.6. The Balaban J connectivity index is 2.19. The average Bonchev–Trinajstić information content (AvgIpc) is 3.32. The molecule has 0 spiro atoms. The predicted octanol–water partition coefficient (Wildman–Crippen LogP) is 9.08. The molecule has 2 aliphatic rings. The van der Waals surface area contributed by atoms with E-state index in [9.17, 15) is 13.2 Å². The first kappa shape index (κ1) is 35.6. The van der Waals surface area contributed by atoms with E-state index in [0.717, 1.165) is 18.4 Å². The van der Waals surface area contributed by atoms with Crippen molar-refractivity contribution in [1.82, 2.24) is 4.31 Å². The van der Waals surface area contributed by atoms with Crippen LogP contribution in [0.3, 0.4) is 0 Å². The second kappa shape index (κ2) is 14.9. The molecule has 0 unspecified atom stereocenters. The van der Waals surface area contributed by atoms with Crippen LogP contribution < -0.4 is 0 Å². The second-order valence-electron chi connectivity index (χ2n) is 14.1. The first-order valence-corrected chi connectivity index (χ1v) is 25.9. The monoisotopic (exact) mass is 709 g/mol. The molecule has 1 aliphatic carbocycles. The number of fused-ring (bicyclic) bond motifs is 1. The molecule has 0 amide bonds. The van der Waals surface area contributed by atoms with Crippen molar-refractivity contribution in [2.75, 3.05) is 13.2 Å². The van der Waals surface area contributed by atoms with Gasteiger partial charge in [-0.3, -0.25) is 0 Å². The summed E-state index contributed by atoms with van der Waals surface area (Å²) in [7, 11) is -3.68. The first-order chi connectivity index (χ1) is 19.8. The topological polar surface area (TPSA) is 63.7 Å². The summed E-state index contributed by atoms with van der Waals surface area (Å²) >= 11 is -2.78. The summed E-state index contributed by atoms with van der Waals surface area (Å²) in [5, 5.41) is 0. The molecule has 1 aliphatic heterocycles. The summed E-state index contributed by atoms with van der Waals surface area (Å²) in [4.78, 5) is 13.0. The van der Waals surface area contributed by atoms with Crippen molar-refractivity contribution in [3.8, 4) is 0 Å². The Morgan fingerprint density at radius 2 is 1.52 bits per heavy atom. The summed E-state index contributed by atoms with van der Waals surface area (Å²) in [6, 6.07) is 7.25. The Morgan fingerprint density at radius 1 is 0.976 bits per heavy atom. The SMILES string of the molecule is CCC[CH2][Sn]([CH]=C1CN(S(=O)(=O)c2ccc(C)cc2)[C@H]2CC(C)(C)[C@H](CCC(=O)OCC)[C@@]12C)([CH2]CCC)[CH2]CCC. The van der Waals surface area contributed by atoms with Gasteiger partial charge in [0.1, 0.15) is 0 Å². The van der Waals surface area contributed by atoms with Crippen molar-refractivity contribution in [1.29, 1.82) is 0 Å². The molecule has 2 fully saturated rings. The quantitative estimate of drug-likeness (QED) is 0.127. The van der Waals surface area contributed by atoms with Gasteiger partial charge in [0, 0.05) is 0 Å². The minimum atomic E-state index is -3.68. The number of carbonyl (C=O) groups excluding carboxylic acids is 1. The van der Waals surface area contributed by atoms with Gasteiger partial charge in [0.2, 0.25) is 0 Å². The second-order valence-corrected chi connectivity index (χ2v) is 28.9. The number of ether oxygens (including phenoxy) is 1. The Morgan fingerprint density at radius 3 is 2.02 bits per heavy atom. The molecule has 1 aromatic rings. The maximum atomic E-state index is 14.4. The van der Waals surface area contributed by atoms with Crippen molar-refractivity contribution in [2.45, 2.75) is 137 Å². The van der Waals surface area contributed by atoms with E-state index < -0.39 is 28.4 Å². The zero-order chi connectivity index (χ0) is 31.2. The third-order valence-corrected chi connectivity index (χ3v) is 26.7. The summed E-state index contributed by atoms with van der Waals surface area (Å²) in [5.74, 6) is 0.0618. The van der Waals surface area contributed by atoms with Gasteiger partial charge in [-0.2, -0.15) is 0 Å². The van der Waals surface area contributed by atoms with Crippen molar-refractivity contribution < 1.29 is 17.9 Å². The van der Waals surface area contributed by atoms with E-state index in [1.54, 1.807) is 12.1 Å².